The first-order valence-corrected chi connectivity index (χ1v) is 17.6. The zero-order valence-electron chi connectivity index (χ0n) is 28.3. The number of rotatable bonds is 7. The van der Waals surface area contributed by atoms with Crippen LogP contribution in [0.3, 0.4) is 0 Å². The lowest BCUT2D eigenvalue weighted by Gasteiger charge is -2.30. The predicted octanol–water partition coefficient (Wildman–Crippen LogP) is 13.6. The Labute approximate surface area is 301 Å². The molecule has 52 heavy (non-hydrogen) atoms. The lowest BCUT2D eigenvalue weighted by atomic mass is 10.1. The highest BCUT2D eigenvalue weighted by Gasteiger charge is 2.25. The predicted molar refractivity (Wildman–Crippen MR) is 217 cm³/mol. The molecule has 0 spiro atoms. The van der Waals surface area contributed by atoms with Crippen LogP contribution in [-0.2, 0) is 0 Å². The van der Waals surface area contributed by atoms with Crippen LogP contribution < -0.4 is 9.80 Å². The average Bonchev–Trinajstić information content (AvgIpc) is 3.75. The summed E-state index contributed by atoms with van der Waals surface area (Å²) in [5.74, 6) is 0. The van der Waals surface area contributed by atoms with Gasteiger partial charge in [0.1, 0.15) is 11.2 Å². The van der Waals surface area contributed by atoms with Gasteiger partial charge in [0.25, 0.3) is 0 Å². The number of anilines is 6. The first-order valence-electron chi connectivity index (χ1n) is 17.6. The quantitative estimate of drug-likeness (QED) is 0.169. The van der Waals surface area contributed by atoms with Gasteiger partial charge in [0.05, 0.1) is 22.4 Å². The van der Waals surface area contributed by atoms with Gasteiger partial charge < -0.3 is 18.8 Å². The van der Waals surface area contributed by atoms with Gasteiger partial charge in [-0.15, -0.1) is 0 Å². The molecule has 0 bridgehead atoms. The summed E-state index contributed by atoms with van der Waals surface area (Å²) in [6, 6.07) is 70.9. The summed E-state index contributed by atoms with van der Waals surface area (Å²) in [6.45, 7) is 0. The lowest BCUT2D eigenvalue weighted by Crippen LogP contribution is -2.14. The van der Waals surface area contributed by atoms with E-state index >= 15 is 0 Å². The second-order valence-corrected chi connectivity index (χ2v) is 13.0. The van der Waals surface area contributed by atoms with Gasteiger partial charge in [0.15, 0.2) is 0 Å². The maximum absolute atomic E-state index is 6.44. The first kappa shape index (κ1) is 29.8. The van der Waals surface area contributed by atoms with Gasteiger partial charge in [0, 0.05) is 56.0 Å². The molecule has 0 aliphatic rings. The topological polar surface area (TPSA) is 24.6 Å². The van der Waals surface area contributed by atoms with E-state index in [9.17, 15) is 0 Å². The van der Waals surface area contributed by atoms with Crippen LogP contribution in [-0.4, -0.2) is 4.57 Å². The minimum absolute atomic E-state index is 0.856. The third kappa shape index (κ3) is 4.92. The molecule has 10 aromatic rings. The Hall–Kier alpha value is -7.04. The fourth-order valence-electron chi connectivity index (χ4n) is 7.68. The Morgan fingerprint density at radius 3 is 1.56 bits per heavy atom. The number of para-hydroxylation sites is 6. The highest BCUT2D eigenvalue weighted by Crippen LogP contribution is 2.48. The second-order valence-electron chi connectivity index (χ2n) is 13.0. The Bertz CT molecular complexity index is 2800. The first-order chi connectivity index (χ1) is 25.8. The van der Waals surface area contributed by atoms with Gasteiger partial charge in [0.2, 0.25) is 0 Å². The number of aromatic nitrogens is 1. The number of fused-ring (bicyclic) bond motifs is 6. The van der Waals surface area contributed by atoms with Crippen LogP contribution in [0.2, 0.25) is 0 Å². The Morgan fingerprint density at radius 1 is 0.346 bits per heavy atom. The highest BCUT2D eigenvalue weighted by molar-refractivity contribution is 6.18. The van der Waals surface area contributed by atoms with E-state index in [-0.39, 0.29) is 0 Å². The molecule has 246 valence electrons. The van der Waals surface area contributed by atoms with Crippen molar-refractivity contribution in [2.75, 3.05) is 9.80 Å². The maximum Gasteiger partial charge on any atom is 0.137 e. The normalized spacial score (nSPS) is 11.5. The molecule has 8 aromatic carbocycles. The fraction of sp³-hybridized carbons (Fsp3) is 0. The molecule has 0 N–H and O–H groups in total. The van der Waals surface area contributed by atoms with Crippen LogP contribution in [0.15, 0.2) is 205 Å². The number of nitrogens with zero attached hydrogens (tertiary/aromatic N) is 3. The molecular formula is C48H33N3O. The summed E-state index contributed by atoms with van der Waals surface area (Å²) in [6.07, 6.45) is 0. The average molecular weight is 668 g/mol. The van der Waals surface area contributed by atoms with Crippen molar-refractivity contribution in [3.8, 4) is 5.69 Å². The Morgan fingerprint density at radius 2 is 0.885 bits per heavy atom. The van der Waals surface area contributed by atoms with Gasteiger partial charge in [-0.05, 0) is 84.9 Å². The van der Waals surface area contributed by atoms with Crippen molar-refractivity contribution in [1.29, 1.82) is 0 Å². The van der Waals surface area contributed by atoms with E-state index in [1.54, 1.807) is 0 Å². The molecule has 0 fully saturated rings. The Balaban J connectivity index is 1.33. The number of hydrogen-bond acceptors (Lipinski definition) is 3. The number of furan rings is 1. The van der Waals surface area contributed by atoms with Gasteiger partial charge in [-0.2, -0.15) is 0 Å². The minimum Gasteiger partial charge on any atom is -0.456 e. The standard InChI is InChI=1S/C48H33N3O/c1-5-17-34(18-6-1)49(38-29-30-41-40-25-14-16-28-46(40)52-47(41)33-38)39-31-44(50(35-19-7-2-8-20-35)36-21-9-3-10-22-36)48-42-26-13-15-27-43(42)51(45(48)32-39)37-23-11-4-12-24-37/h1-33H. The van der Waals surface area contributed by atoms with E-state index in [4.69, 9.17) is 4.42 Å². The molecule has 0 unspecified atom stereocenters. The molecule has 0 radical (unpaired) electrons. The van der Waals surface area contributed by atoms with Crippen molar-refractivity contribution in [2.24, 2.45) is 0 Å². The third-order valence-electron chi connectivity index (χ3n) is 9.91. The van der Waals surface area contributed by atoms with Crippen LogP contribution in [0.1, 0.15) is 0 Å². The van der Waals surface area contributed by atoms with Crippen molar-refractivity contribution in [3.63, 3.8) is 0 Å². The summed E-state index contributed by atoms with van der Waals surface area (Å²) in [7, 11) is 0. The van der Waals surface area contributed by atoms with Crippen LogP contribution in [0.25, 0.3) is 49.4 Å². The second kappa shape index (κ2) is 12.4. The van der Waals surface area contributed by atoms with Crippen LogP contribution in [0, 0.1) is 0 Å². The minimum atomic E-state index is 0.856. The number of benzene rings is 8. The summed E-state index contributed by atoms with van der Waals surface area (Å²) < 4.78 is 8.84. The zero-order valence-corrected chi connectivity index (χ0v) is 28.3. The van der Waals surface area contributed by atoms with E-state index in [1.807, 2.05) is 12.1 Å². The van der Waals surface area contributed by atoms with Gasteiger partial charge in [-0.3, -0.25) is 0 Å². The molecule has 0 aliphatic heterocycles. The molecule has 4 heteroatoms. The van der Waals surface area contributed by atoms with Crippen LogP contribution >= 0.6 is 0 Å². The van der Waals surface area contributed by atoms with Crippen LogP contribution in [0.5, 0.6) is 0 Å². The van der Waals surface area contributed by atoms with Gasteiger partial charge >= 0.3 is 0 Å². The lowest BCUT2D eigenvalue weighted by molar-refractivity contribution is 0.669. The van der Waals surface area contributed by atoms with Crippen molar-refractivity contribution in [3.05, 3.63) is 200 Å². The summed E-state index contributed by atoms with van der Waals surface area (Å²) in [4.78, 5) is 4.73. The van der Waals surface area contributed by atoms with E-state index in [0.717, 1.165) is 72.8 Å². The van der Waals surface area contributed by atoms with Crippen LogP contribution in [0.4, 0.5) is 34.1 Å². The molecular weight excluding hydrogens is 635 g/mol. The molecule has 2 aromatic heterocycles. The monoisotopic (exact) mass is 667 g/mol. The smallest absolute Gasteiger partial charge is 0.137 e. The largest absolute Gasteiger partial charge is 0.456 e. The molecule has 0 saturated carbocycles. The van der Waals surface area contributed by atoms with E-state index in [0.29, 0.717) is 0 Å². The molecule has 0 atom stereocenters. The van der Waals surface area contributed by atoms with E-state index in [1.165, 1.54) is 10.8 Å². The highest BCUT2D eigenvalue weighted by atomic mass is 16.3. The summed E-state index contributed by atoms with van der Waals surface area (Å²) in [5.41, 5.74) is 11.5. The molecule has 0 amide bonds. The fourth-order valence-corrected chi connectivity index (χ4v) is 7.68. The van der Waals surface area contributed by atoms with Crippen molar-refractivity contribution >= 4 is 77.9 Å². The molecule has 10 rings (SSSR count). The zero-order chi connectivity index (χ0) is 34.4. The summed E-state index contributed by atoms with van der Waals surface area (Å²) >= 11 is 0. The molecule has 4 nitrogen and oxygen atoms in total. The van der Waals surface area contributed by atoms with E-state index in [2.05, 4.69) is 202 Å². The SMILES string of the molecule is c1ccc(N(c2ccc3c(c2)oc2ccccc23)c2cc(N(c3ccccc3)c3ccccc3)c3c4ccccc4n(-c4ccccc4)c3c2)cc1. The third-order valence-corrected chi connectivity index (χ3v) is 9.91. The number of hydrogen-bond donors (Lipinski definition) is 0. The van der Waals surface area contributed by atoms with Crippen molar-refractivity contribution in [1.82, 2.24) is 4.57 Å². The van der Waals surface area contributed by atoms with E-state index < -0.39 is 0 Å². The molecule has 0 saturated heterocycles. The molecule has 0 aliphatic carbocycles. The van der Waals surface area contributed by atoms with Crippen molar-refractivity contribution in [2.45, 2.75) is 0 Å². The summed E-state index contributed by atoms with van der Waals surface area (Å²) in [5, 5.41) is 4.59. The maximum atomic E-state index is 6.44. The van der Waals surface area contributed by atoms with Gasteiger partial charge in [-0.1, -0.05) is 109 Å². The molecule has 2 heterocycles. The van der Waals surface area contributed by atoms with Crippen molar-refractivity contribution < 1.29 is 4.42 Å². The Kier molecular flexibility index (Phi) is 7.10. The van der Waals surface area contributed by atoms with Gasteiger partial charge in [-0.25, -0.2) is 0 Å².